The van der Waals surface area contributed by atoms with Crippen molar-refractivity contribution in [1.29, 1.82) is 0 Å². The fourth-order valence-corrected chi connectivity index (χ4v) is 3.67. The molecule has 0 radical (unpaired) electrons. The fourth-order valence-electron chi connectivity index (χ4n) is 3.67. The van der Waals surface area contributed by atoms with Gasteiger partial charge in [-0.3, -0.25) is 4.79 Å². The smallest absolute Gasteiger partial charge is 0.298 e. The molecule has 1 aromatic heterocycles. The standard InChI is InChI=1S/C18H23N3O2/c22-17(20-9-3-4-10-20)13-14-7-11-21(12-8-14)18-19-15-5-1-2-6-16(15)23-18/h1-2,5-6,14H,3-4,7-13H2. The van der Waals surface area contributed by atoms with Crippen molar-refractivity contribution >= 4 is 23.0 Å². The summed E-state index contributed by atoms with van der Waals surface area (Å²) in [5, 5.41) is 0. The Hall–Kier alpha value is -2.04. The van der Waals surface area contributed by atoms with Crippen LogP contribution in [0.15, 0.2) is 28.7 Å². The van der Waals surface area contributed by atoms with Gasteiger partial charge in [-0.15, -0.1) is 0 Å². The van der Waals surface area contributed by atoms with E-state index in [2.05, 4.69) is 9.88 Å². The van der Waals surface area contributed by atoms with Gasteiger partial charge in [0, 0.05) is 32.6 Å². The second-order valence-electron chi connectivity index (χ2n) is 6.69. The minimum atomic E-state index is 0.350. The van der Waals surface area contributed by atoms with Crippen LogP contribution in [-0.4, -0.2) is 42.0 Å². The van der Waals surface area contributed by atoms with Crippen LogP contribution in [0.1, 0.15) is 32.1 Å². The molecule has 5 nitrogen and oxygen atoms in total. The molecule has 0 aliphatic carbocycles. The molecule has 0 N–H and O–H groups in total. The number of para-hydroxylation sites is 2. The molecule has 2 saturated heterocycles. The summed E-state index contributed by atoms with van der Waals surface area (Å²) >= 11 is 0. The summed E-state index contributed by atoms with van der Waals surface area (Å²) in [4.78, 5) is 21.1. The molecule has 0 bridgehead atoms. The quantitative estimate of drug-likeness (QED) is 0.874. The maximum Gasteiger partial charge on any atom is 0.298 e. The van der Waals surface area contributed by atoms with Crippen LogP contribution in [-0.2, 0) is 4.79 Å². The molecule has 2 aromatic rings. The Bertz CT molecular complexity index is 649. The first-order valence-corrected chi connectivity index (χ1v) is 8.68. The van der Waals surface area contributed by atoms with Crippen molar-refractivity contribution in [3.63, 3.8) is 0 Å². The van der Waals surface area contributed by atoms with Crippen molar-refractivity contribution in [2.45, 2.75) is 32.1 Å². The third kappa shape index (κ3) is 3.05. The Labute approximate surface area is 136 Å². The number of carbonyl (C=O) groups excluding carboxylic acids is 1. The van der Waals surface area contributed by atoms with E-state index in [1.54, 1.807) is 0 Å². The van der Waals surface area contributed by atoms with Gasteiger partial charge in [0.1, 0.15) is 5.52 Å². The lowest BCUT2D eigenvalue weighted by Crippen LogP contribution is -2.36. The number of rotatable bonds is 3. The van der Waals surface area contributed by atoms with E-state index < -0.39 is 0 Å². The molecule has 122 valence electrons. The molecule has 1 amide bonds. The highest BCUT2D eigenvalue weighted by Gasteiger charge is 2.26. The van der Waals surface area contributed by atoms with Crippen LogP contribution >= 0.6 is 0 Å². The number of hydrogen-bond donors (Lipinski definition) is 0. The highest BCUT2D eigenvalue weighted by molar-refractivity contribution is 5.77. The zero-order valence-corrected chi connectivity index (χ0v) is 13.4. The molecule has 2 aliphatic rings. The van der Waals surface area contributed by atoms with Crippen LogP contribution in [0.25, 0.3) is 11.1 Å². The van der Waals surface area contributed by atoms with Gasteiger partial charge in [-0.25, -0.2) is 0 Å². The molecular formula is C18H23N3O2. The first-order valence-electron chi connectivity index (χ1n) is 8.68. The van der Waals surface area contributed by atoms with Gasteiger partial charge in [0.25, 0.3) is 6.01 Å². The Balaban J connectivity index is 1.34. The first-order chi connectivity index (χ1) is 11.3. The molecule has 2 aliphatic heterocycles. The summed E-state index contributed by atoms with van der Waals surface area (Å²) in [6.45, 7) is 3.76. The molecule has 5 heteroatoms. The minimum Gasteiger partial charge on any atom is -0.423 e. The summed E-state index contributed by atoms with van der Waals surface area (Å²) in [5.74, 6) is 0.853. The summed E-state index contributed by atoms with van der Waals surface area (Å²) in [6.07, 6.45) is 5.13. The molecule has 0 spiro atoms. The Morgan fingerprint density at radius 2 is 1.87 bits per heavy atom. The first kappa shape index (κ1) is 14.5. The molecule has 2 fully saturated rings. The van der Waals surface area contributed by atoms with Crippen molar-refractivity contribution < 1.29 is 9.21 Å². The number of aromatic nitrogens is 1. The summed E-state index contributed by atoms with van der Waals surface area (Å²) < 4.78 is 5.84. The number of oxazole rings is 1. The van der Waals surface area contributed by atoms with Crippen molar-refractivity contribution in [2.75, 3.05) is 31.1 Å². The normalized spacial score (nSPS) is 19.7. The minimum absolute atomic E-state index is 0.350. The van der Waals surface area contributed by atoms with Crippen LogP contribution in [0.2, 0.25) is 0 Å². The third-order valence-corrected chi connectivity index (χ3v) is 5.09. The highest BCUT2D eigenvalue weighted by Crippen LogP contribution is 2.28. The van der Waals surface area contributed by atoms with E-state index in [-0.39, 0.29) is 0 Å². The fraction of sp³-hybridized carbons (Fsp3) is 0.556. The molecule has 23 heavy (non-hydrogen) atoms. The number of anilines is 1. The van der Waals surface area contributed by atoms with Gasteiger partial charge < -0.3 is 14.2 Å². The zero-order valence-electron chi connectivity index (χ0n) is 13.4. The maximum absolute atomic E-state index is 12.3. The van der Waals surface area contributed by atoms with Crippen LogP contribution in [0.5, 0.6) is 0 Å². The lowest BCUT2D eigenvalue weighted by molar-refractivity contribution is -0.131. The molecular weight excluding hydrogens is 290 g/mol. The number of fused-ring (bicyclic) bond motifs is 1. The van der Waals surface area contributed by atoms with Crippen LogP contribution in [0.3, 0.4) is 0 Å². The number of benzene rings is 1. The summed E-state index contributed by atoms with van der Waals surface area (Å²) in [7, 11) is 0. The van der Waals surface area contributed by atoms with Crippen LogP contribution in [0.4, 0.5) is 6.01 Å². The van der Waals surface area contributed by atoms with Crippen molar-refractivity contribution in [1.82, 2.24) is 9.88 Å². The number of likely N-dealkylation sites (tertiary alicyclic amines) is 1. The number of piperidine rings is 1. The van der Waals surface area contributed by atoms with Gasteiger partial charge in [0.05, 0.1) is 0 Å². The van der Waals surface area contributed by atoms with E-state index >= 15 is 0 Å². The van der Waals surface area contributed by atoms with Gasteiger partial charge in [0.15, 0.2) is 5.58 Å². The monoisotopic (exact) mass is 313 g/mol. The Kier molecular flexibility index (Phi) is 3.93. The lowest BCUT2D eigenvalue weighted by atomic mass is 9.93. The van der Waals surface area contributed by atoms with Crippen molar-refractivity contribution in [2.24, 2.45) is 5.92 Å². The third-order valence-electron chi connectivity index (χ3n) is 5.09. The van der Waals surface area contributed by atoms with E-state index in [1.165, 1.54) is 12.8 Å². The van der Waals surface area contributed by atoms with E-state index in [1.807, 2.05) is 29.2 Å². The average Bonchev–Trinajstić information content (AvgIpc) is 3.25. The van der Waals surface area contributed by atoms with E-state index in [9.17, 15) is 4.79 Å². The summed E-state index contributed by atoms with van der Waals surface area (Å²) in [5.41, 5.74) is 1.75. The van der Waals surface area contributed by atoms with Gasteiger partial charge in [-0.1, -0.05) is 12.1 Å². The average molecular weight is 313 g/mol. The maximum atomic E-state index is 12.3. The predicted octanol–water partition coefficient (Wildman–Crippen LogP) is 3.06. The number of carbonyl (C=O) groups is 1. The predicted molar refractivity (Wildman–Crippen MR) is 89.4 cm³/mol. The Morgan fingerprint density at radius 1 is 1.13 bits per heavy atom. The van der Waals surface area contributed by atoms with Gasteiger partial charge >= 0.3 is 0 Å². The van der Waals surface area contributed by atoms with E-state index in [0.717, 1.165) is 56.1 Å². The SMILES string of the molecule is O=C(CC1CCN(c2nc3ccccc3o2)CC1)N1CCCC1. The van der Waals surface area contributed by atoms with E-state index in [4.69, 9.17) is 4.42 Å². The number of amides is 1. The number of hydrogen-bond acceptors (Lipinski definition) is 4. The van der Waals surface area contributed by atoms with Crippen molar-refractivity contribution in [3.05, 3.63) is 24.3 Å². The van der Waals surface area contributed by atoms with Crippen LogP contribution in [0, 0.1) is 5.92 Å². The van der Waals surface area contributed by atoms with Gasteiger partial charge in [-0.05, 0) is 43.7 Å². The lowest BCUT2D eigenvalue weighted by Gasteiger charge is -2.31. The second-order valence-corrected chi connectivity index (χ2v) is 6.69. The largest absolute Gasteiger partial charge is 0.423 e. The van der Waals surface area contributed by atoms with Gasteiger partial charge in [0.2, 0.25) is 5.91 Å². The second kappa shape index (κ2) is 6.22. The summed E-state index contributed by atoms with van der Waals surface area (Å²) in [6, 6.07) is 8.59. The zero-order chi connectivity index (χ0) is 15.6. The van der Waals surface area contributed by atoms with E-state index in [0.29, 0.717) is 18.2 Å². The molecule has 0 atom stereocenters. The number of nitrogens with zero attached hydrogens (tertiary/aromatic N) is 3. The molecule has 3 heterocycles. The molecule has 1 aromatic carbocycles. The molecule has 0 unspecified atom stereocenters. The topological polar surface area (TPSA) is 49.6 Å². The van der Waals surface area contributed by atoms with Crippen molar-refractivity contribution in [3.8, 4) is 0 Å². The van der Waals surface area contributed by atoms with Gasteiger partial charge in [-0.2, -0.15) is 4.98 Å². The Morgan fingerprint density at radius 3 is 2.61 bits per heavy atom. The van der Waals surface area contributed by atoms with Crippen LogP contribution < -0.4 is 4.90 Å². The molecule has 4 rings (SSSR count). The molecule has 0 saturated carbocycles. The highest BCUT2D eigenvalue weighted by atomic mass is 16.4.